The molecule has 0 N–H and O–H groups in total. The molecule has 2 aliphatic heterocycles. The van der Waals surface area contributed by atoms with Crippen molar-refractivity contribution in [1.29, 1.82) is 0 Å². The first-order valence-corrected chi connectivity index (χ1v) is 12.5. The summed E-state index contributed by atoms with van der Waals surface area (Å²) in [5, 5.41) is 0.592. The molecule has 1 fully saturated rings. The third-order valence-electron chi connectivity index (χ3n) is 6.31. The standard InChI is InChI=1S/C25H26N4O5S.ClH/c1-3-27(4-2)11-12-28(25-26-18-13-19-20(34-15-33-19)14-21(18)35-25)24(32)16-5-7-17(8-6-16)29-22(30)9-10-23(29)31;/h5-8,13-14H,3-4,9-12,15H2,1-2H3;1H/p-1. The number of ether oxygens (including phenoxy) is 2. The second-order valence-electron chi connectivity index (χ2n) is 8.32. The normalized spacial score (nSPS) is 14.6. The molecule has 0 aliphatic carbocycles. The van der Waals surface area contributed by atoms with Crippen molar-refractivity contribution >= 4 is 50.1 Å². The lowest BCUT2D eigenvalue weighted by atomic mass is 10.1. The predicted octanol–water partition coefficient (Wildman–Crippen LogP) is 0.671. The minimum atomic E-state index is -0.218. The van der Waals surface area contributed by atoms with Crippen LogP contribution in [0.5, 0.6) is 11.5 Å². The third-order valence-corrected chi connectivity index (χ3v) is 7.35. The minimum absolute atomic E-state index is 0. The molecule has 0 radical (unpaired) electrons. The van der Waals surface area contributed by atoms with Crippen molar-refractivity contribution in [1.82, 2.24) is 9.88 Å². The van der Waals surface area contributed by atoms with Crippen molar-refractivity contribution < 1.29 is 36.3 Å². The van der Waals surface area contributed by atoms with Crippen molar-refractivity contribution in [3.63, 3.8) is 0 Å². The van der Waals surface area contributed by atoms with E-state index in [1.54, 1.807) is 29.2 Å². The summed E-state index contributed by atoms with van der Waals surface area (Å²) in [6, 6.07) is 10.3. The van der Waals surface area contributed by atoms with E-state index in [0.717, 1.165) is 23.3 Å². The van der Waals surface area contributed by atoms with E-state index in [1.807, 2.05) is 12.1 Å². The summed E-state index contributed by atoms with van der Waals surface area (Å²) < 4.78 is 11.9. The van der Waals surface area contributed by atoms with E-state index in [2.05, 4.69) is 18.7 Å². The minimum Gasteiger partial charge on any atom is -1.00 e. The Morgan fingerprint density at radius 1 is 1.00 bits per heavy atom. The maximum Gasteiger partial charge on any atom is 0.260 e. The van der Waals surface area contributed by atoms with Crippen LogP contribution in [0.1, 0.15) is 37.0 Å². The van der Waals surface area contributed by atoms with Gasteiger partial charge in [0.15, 0.2) is 16.6 Å². The number of imide groups is 1. The topological polar surface area (TPSA) is 92.3 Å². The molecule has 9 nitrogen and oxygen atoms in total. The van der Waals surface area contributed by atoms with E-state index < -0.39 is 0 Å². The number of carbonyl (C=O) groups is 3. The average Bonchev–Trinajstić information content (AvgIpc) is 3.58. The van der Waals surface area contributed by atoms with Gasteiger partial charge < -0.3 is 26.8 Å². The van der Waals surface area contributed by atoms with Gasteiger partial charge in [-0.1, -0.05) is 25.2 Å². The lowest BCUT2D eigenvalue weighted by Crippen LogP contribution is -3.00. The third kappa shape index (κ3) is 4.88. The number of likely N-dealkylation sites (N-methyl/N-ethyl adjacent to an activating group) is 1. The number of nitrogens with zero attached hydrogens (tertiary/aromatic N) is 4. The molecule has 11 heteroatoms. The van der Waals surface area contributed by atoms with Crippen molar-refractivity contribution in [2.75, 3.05) is 42.8 Å². The first-order chi connectivity index (χ1) is 17.0. The van der Waals surface area contributed by atoms with Gasteiger partial charge in [-0.2, -0.15) is 0 Å². The van der Waals surface area contributed by atoms with Gasteiger partial charge in [-0.15, -0.1) is 0 Å². The van der Waals surface area contributed by atoms with Crippen LogP contribution in [-0.2, 0) is 9.59 Å². The Hall–Kier alpha value is -3.21. The van der Waals surface area contributed by atoms with Gasteiger partial charge in [0, 0.05) is 43.6 Å². The Kier molecular flexibility index (Phi) is 7.77. The summed E-state index contributed by atoms with van der Waals surface area (Å²) in [6.45, 7) is 7.31. The van der Waals surface area contributed by atoms with Crippen LogP contribution in [0.25, 0.3) is 10.2 Å². The highest BCUT2D eigenvalue weighted by molar-refractivity contribution is 7.22. The predicted molar refractivity (Wildman–Crippen MR) is 133 cm³/mol. The van der Waals surface area contributed by atoms with Crippen LogP contribution >= 0.6 is 11.3 Å². The number of fused-ring (bicyclic) bond motifs is 2. The fourth-order valence-electron chi connectivity index (χ4n) is 4.26. The molecule has 2 aliphatic rings. The van der Waals surface area contributed by atoms with Crippen LogP contribution < -0.4 is 31.7 Å². The monoisotopic (exact) mass is 529 g/mol. The Balaban J connectivity index is 0.00000304. The number of benzene rings is 2. The Morgan fingerprint density at radius 2 is 1.64 bits per heavy atom. The highest BCUT2D eigenvalue weighted by Crippen LogP contribution is 2.40. The van der Waals surface area contributed by atoms with Crippen LogP contribution in [0.15, 0.2) is 36.4 Å². The summed E-state index contributed by atoms with van der Waals surface area (Å²) in [6.07, 6.45) is 0.436. The SMILES string of the molecule is CCN(CC)CCN(C(=O)c1ccc(N2C(=O)CCC2=O)cc1)c1nc2cc3c(cc2s1)OCO3.[Cl-]. The molecule has 3 aromatic rings. The van der Waals surface area contributed by atoms with Gasteiger partial charge in [0.05, 0.1) is 15.9 Å². The number of hydrogen-bond acceptors (Lipinski definition) is 8. The maximum absolute atomic E-state index is 13.7. The second kappa shape index (κ2) is 10.8. The highest BCUT2D eigenvalue weighted by atomic mass is 35.5. The van der Waals surface area contributed by atoms with E-state index in [0.29, 0.717) is 41.0 Å². The van der Waals surface area contributed by atoms with E-state index in [4.69, 9.17) is 14.5 Å². The molecule has 1 aromatic heterocycles. The zero-order chi connectivity index (χ0) is 24.5. The Bertz CT molecular complexity index is 1230. The molecule has 0 spiro atoms. The van der Waals surface area contributed by atoms with Gasteiger partial charge in [-0.3, -0.25) is 24.2 Å². The summed E-state index contributed by atoms with van der Waals surface area (Å²) >= 11 is 1.43. The van der Waals surface area contributed by atoms with Gasteiger partial charge in [-0.25, -0.2) is 4.98 Å². The molecule has 0 bridgehead atoms. The number of anilines is 2. The lowest BCUT2D eigenvalue weighted by Gasteiger charge is -2.25. The Labute approximate surface area is 219 Å². The van der Waals surface area contributed by atoms with E-state index in [-0.39, 0.29) is 49.8 Å². The smallest absolute Gasteiger partial charge is 0.260 e. The molecule has 36 heavy (non-hydrogen) atoms. The van der Waals surface area contributed by atoms with Gasteiger partial charge in [0.2, 0.25) is 18.6 Å². The van der Waals surface area contributed by atoms with Crippen LogP contribution in [-0.4, -0.2) is 60.6 Å². The highest BCUT2D eigenvalue weighted by Gasteiger charge is 2.30. The maximum atomic E-state index is 13.7. The van der Waals surface area contributed by atoms with Gasteiger partial charge in [-0.05, 0) is 37.4 Å². The van der Waals surface area contributed by atoms with Crippen LogP contribution in [0.3, 0.4) is 0 Å². The molecule has 0 atom stereocenters. The van der Waals surface area contributed by atoms with Crippen LogP contribution in [0.4, 0.5) is 10.8 Å². The molecule has 0 unspecified atom stereocenters. The molecule has 0 saturated carbocycles. The number of carbonyl (C=O) groups excluding carboxylic acids is 3. The van der Waals surface area contributed by atoms with Gasteiger partial charge in [0.25, 0.3) is 5.91 Å². The molecule has 3 heterocycles. The first kappa shape index (κ1) is 25.9. The average molecular weight is 530 g/mol. The number of thiazole rings is 1. The lowest BCUT2D eigenvalue weighted by molar-refractivity contribution is -0.121. The van der Waals surface area contributed by atoms with Crippen molar-refractivity contribution in [2.45, 2.75) is 26.7 Å². The van der Waals surface area contributed by atoms with Crippen LogP contribution in [0.2, 0.25) is 0 Å². The molecule has 190 valence electrons. The summed E-state index contributed by atoms with van der Waals surface area (Å²) in [5.41, 5.74) is 1.69. The number of amides is 3. The number of hydrogen-bond donors (Lipinski definition) is 0. The Morgan fingerprint density at radius 3 is 2.28 bits per heavy atom. The number of halogens is 1. The molecule has 2 aromatic carbocycles. The quantitative estimate of drug-likeness (QED) is 0.396. The van der Waals surface area contributed by atoms with E-state index in [1.165, 1.54) is 16.2 Å². The van der Waals surface area contributed by atoms with Gasteiger partial charge >= 0.3 is 0 Å². The summed E-state index contributed by atoms with van der Waals surface area (Å²) in [5.74, 6) is 0.697. The number of aromatic nitrogens is 1. The second-order valence-corrected chi connectivity index (χ2v) is 9.33. The van der Waals surface area contributed by atoms with Crippen molar-refractivity contribution in [3.05, 3.63) is 42.0 Å². The zero-order valence-electron chi connectivity index (χ0n) is 20.0. The molecule has 1 saturated heterocycles. The van der Waals surface area contributed by atoms with Crippen LogP contribution in [0, 0.1) is 0 Å². The largest absolute Gasteiger partial charge is 1.00 e. The zero-order valence-corrected chi connectivity index (χ0v) is 21.6. The molecule has 3 amide bonds. The summed E-state index contributed by atoms with van der Waals surface area (Å²) in [4.78, 5) is 47.6. The van der Waals surface area contributed by atoms with Crippen molar-refractivity contribution in [2.24, 2.45) is 0 Å². The summed E-state index contributed by atoms with van der Waals surface area (Å²) in [7, 11) is 0. The molecular formula is C25H26ClN4O5S-. The van der Waals surface area contributed by atoms with E-state index in [9.17, 15) is 14.4 Å². The fourth-order valence-corrected chi connectivity index (χ4v) is 5.26. The van der Waals surface area contributed by atoms with E-state index >= 15 is 0 Å². The number of rotatable bonds is 8. The fraction of sp³-hybridized carbons (Fsp3) is 0.360. The van der Waals surface area contributed by atoms with Crippen molar-refractivity contribution in [3.8, 4) is 11.5 Å². The molecular weight excluding hydrogens is 504 g/mol. The first-order valence-electron chi connectivity index (χ1n) is 11.7. The molecule has 5 rings (SSSR count). The van der Waals surface area contributed by atoms with Gasteiger partial charge in [0.1, 0.15) is 0 Å².